The Balaban J connectivity index is 0.00000147. The molecule has 1 saturated heterocycles. The molecule has 2 fully saturated rings. The standard InChI is InChI=1S/C14H20N2O2S.ClH/c1-9-8-18-5-4-14(9,10-7-11(10)15)16-13(17)12-3-2-6-19-12;/h2-3,6,9-11H,4-5,7-8,15H2,1H3,(H,16,17);1H. The van der Waals surface area contributed by atoms with E-state index in [1.54, 1.807) is 0 Å². The topological polar surface area (TPSA) is 64.3 Å². The van der Waals surface area contributed by atoms with E-state index >= 15 is 0 Å². The van der Waals surface area contributed by atoms with Crippen LogP contribution >= 0.6 is 23.7 Å². The van der Waals surface area contributed by atoms with Crippen molar-refractivity contribution in [2.75, 3.05) is 13.2 Å². The molecule has 2 aliphatic rings. The Kier molecular flexibility index (Phi) is 4.74. The van der Waals surface area contributed by atoms with Gasteiger partial charge in [0.15, 0.2) is 0 Å². The van der Waals surface area contributed by atoms with E-state index in [2.05, 4.69) is 12.2 Å². The van der Waals surface area contributed by atoms with Crippen LogP contribution in [0.2, 0.25) is 0 Å². The summed E-state index contributed by atoms with van der Waals surface area (Å²) in [5, 5.41) is 5.22. The van der Waals surface area contributed by atoms with Gasteiger partial charge in [-0.05, 0) is 30.2 Å². The van der Waals surface area contributed by atoms with Crippen LogP contribution in [0, 0.1) is 11.8 Å². The molecule has 0 bridgehead atoms. The second kappa shape index (κ2) is 6.02. The normalized spacial score (nSPS) is 36.0. The molecular formula is C14H21ClN2O2S. The number of thiophene rings is 1. The van der Waals surface area contributed by atoms with E-state index in [0.717, 1.165) is 17.7 Å². The second-order valence-corrected chi connectivity index (χ2v) is 6.65. The number of carbonyl (C=O) groups is 1. The third-order valence-electron chi connectivity index (χ3n) is 4.50. The van der Waals surface area contributed by atoms with Crippen molar-refractivity contribution in [1.29, 1.82) is 0 Å². The van der Waals surface area contributed by atoms with Crippen LogP contribution in [0.15, 0.2) is 17.5 Å². The average molecular weight is 317 g/mol. The van der Waals surface area contributed by atoms with E-state index in [-0.39, 0.29) is 29.9 Å². The summed E-state index contributed by atoms with van der Waals surface area (Å²) in [4.78, 5) is 13.2. The van der Waals surface area contributed by atoms with Gasteiger partial charge in [0.05, 0.1) is 17.0 Å². The number of hydrogen-bond acceptors (Lipinski definition) is 4. The maximum absolute atomic E-state index is 12.4. The van der Waals surface area contributed by atoms with Crippen molar-refractivity contribution >= 4 is 29.7 Å². The summed E-state index contributed by atoms with van der Waals surface area (Å²) in [6, 6.07) is 4.00. The molecule has 20 heavy (non-hydrogen) atoms. The predicted octanol–water partition coefficient (Wildman–Crippen LogP) is 2.04. The van der Waals surface area contributed by atoms with E-state index in [9.17, 15) is 4.79 Å². The van der Waals surface area contributed by atoms with Crippen LogP contribution in [0.5, 0.6) is 0 Å². The third-order valence-corrected chi connectivity index (χ3v) is 5.37. The molecule has 3 N–H and O–H groups in total. The molecule has 1 aromatic heterocycles. The van der Waals surface area contributed by atoms with E-state index in [1.165, 1.54) is 11.3 Å². The van der Waals surface area contributed by atoms with Crippen LogP contribution in [0.3, 0.4) is 0 Å². The molecule has 4 nitrogen and oxygen atoms in total. The summed E-state index contributed by atoms with van der Waals surface area (Å²) in [5.74, 6) is 0.738. The fourth-order valence-corrected chi connectivity index (χ4v) is 3.83. The van der Waals surface area contributed by atoms with Crippen molar-refractivity contribution < 1.29 is 9.53 Å². The van der Waals surface area contributed by atoms with Crippen LogP contribution in [0.1, 0.15) is 29.4 Å². The monoisotopic (exact) mass is 316 g/mol. The highest BCUT2D eigenvalue weighted by atomic mass is 35.5. The van der Waals surface area contributed by atoms with Crippen molar-refractivity contribution in [1.82, 2.24) is 5.32 Å². The minimum absolute atomic E-state index is 0. The largest absolute Gasteiger partial charge is 0.381 e. The predicted molar refractivity (Wildman–Crippen MR) is 82.4 cm³/mol. The first kappa shape index (κ1) is 15.8. The molecule has 1 aliphatic heterocycles. The van der Waals surface area contributed by atoms with Gasteiger partial charge in [-0.15, -0.1) is 23.7 Å². The van der Waals surface area contributed by atoms with Gasteiger partial charge in [-0.3, -0.25) is 4.79 Å². The molecule has 0 radical (unpaired) electrons. The van der Waals surface area contributed by atoms with Gasteiger partial charge in [-0.2, -0.15) is 0 Å². The Bertz CT molecular complexity index is 464. The zero-order valence-corrected chi connectivity index (χ0v) is 13.1. The number of halogens is 1. The molecule has 3 rings (SSSR count). The number of carbonyl (C=O) groups excluding carboxylic acids is 1. The van der Waals surface area contributed by atoms with E-state index in [4.69, 9.17) is 10.5 Å². The first-order chi connectivity index (χ1) is 9.13. The minimum Gasteiger partial charge on any atom is -0.381 e. The number of hydrogen-bond donors (Lipinski definition) is 2. The van der Waals surface area contributed by atoms with Crippen LogP contribution in [-0.2, 0) is 4.74 Å². The van der Waals surface area contributed by atoms with Crippen LogP contribution in [0.25, 0.3) is 0 Å². The second-order valence-electron chi connectivity index (χ2n) is 5.70. The average Bonchev–Trinajstić information content (AvgIpc) is 2.93. The molecular weight excluding hydrogens is 296 g/mol. The molecule has 1 saturated carbocycles. The van der Waals surface area contributed by atoms with Gasteiger partial charge in [-0.25, -0.2) is 0 Å². The lowest BCUT2D eigenvalue weighted by molar-refractivity contribution is -0.0148. The van der Waals surface area contributed by atoms with Crippen LogP contribution < -0.4 is 11.1 Å². The Morgan fingerprint density at radius 3 is 2.90 bits per heavy atom. The first-order valence-corrected chi connectivity index (χ1v) is 7.71. The summed E-state index contributed by atoms with van der Waals surface area (Å²) in [6.45, 7) is 3.56. The van der Waals surface area contributed by atoms with E-state index in [1.807, 2.05) is 17.5 Å². The van der Waals surface area contributed by atoms with Crippen molar-refractivity contribution in [2.24, 2.45) is 17.6 Å². The summed E-state index contributed by atoms with van der Waals surface area (Å²) >= 11 is 1.48. The lowest BCUT2D eigenvalue weighted by atomic mass is 9.76. The summed E-state index contributed by atoms with van der Waals surface area (Å²) in [6.07, 6.45) is 1.87. The molecule has 6 heteroatoms. The van der Waals surface area contributed by atoms with Gasteiger partial charge in [0.25, 0.3) is 5.91 Å². The number of nitrogens with one attached hydrogen (secondary N) is 1. The first-order valence-electron chi connectivity index (χ1n) is 6.83. The zero-order chi connectivity index (χ0) is 13.5. The lowest BCUT2D eigenvalue weighted by Gasteiger charge is -2.43. The van der Waals surface area contributed by atoms with Crippen molar-refractivity contribution in [2.45, 2.75) is 31.3 Å². The summed E-state index contributed by atoms with van der Waals surface area (Å²) in [5.41, 5.74) is 5.87. The Morgan fingerprint density at radius 2 is 2.35 bits per heavy atom. The third kappa shape index (κ3) is 2.72. The van der Waals surface area contributed by atoms with Gasteiger partial charge in [0.1, 0.15) is 0 Å². The molecule has 0 spiro atoms. The van der Waals surface area contributed by atoms with Gasteiger partial charge in [0.2, 0.25) is 0 Å². The molecule has 1 aromatic rings. The Labute approximate surface area is 129 Å². The molecule has 1 amide bonds. The summed E-state index contributed by atoms with van der Waals surface area (Å²) in [7, 11) is 0. The Hall–Kier alpha value is -0.620. The molecule has 112 valence electrons. The molecule has 2 heterocycles. The Morgan fingerprint density at radius 1 is 1.60 bits per heavy atom. The van der Waals surface area contributed by atoms with Crippen molar-refractivity contribution in [3.63, 3.8) is 0 Å². The van der Waals surface area contributed by atoms with E-state index < -0.39 is 0 Å². The SMILES string of the molecule is CC1COCCC1(NC(=O)c1cccs1)C1CC1N.Cl. The number of ether oxygens (including phenoxy) is 1. The van der Waals surface area contributed by atoms with Crippen molar-refractivity contribution in [3.05, 3.63) is 22.4 Å². The van der Waals surface area contributed by atoms with Crippen LogP contribution in [-0.4, -0.2) is 30.7 Å². The molecule has 4 atom stereocenters. The maximum Gasteiger partial charge on any atom is 0.261 e. The molecule has 0 aromatic carbocycles. The summed E-state index contributed by atoms with van der Waals surface area (Å²) < 4.78 is 5.53. The van der Waals surface area contributed by atoms with Gasteiger partial charge < -0.3 is 15.8 Å². The van der Waals surface area contributed by atoms with Gasteiger partial charge in [-0.1, -0.05) is 13.0 Å². The maximum atomic E-state index is 12.4. The van der Waals surface area contributed by atoms with Crippen molar-refractivity contribution in [3.8, 4) is 0 Å². The van der Waals surface area contributed by atoms with Crippen LogP contribution in [0.4, 0.5) is 0 Å². The smallest absolute Gasteiger partial charge is 0.261 e. The number of nitrogens with two attached hydrogens (primary N) is 1. The van der Waals surface area contributed by atoms with Gasteiger partial charge >= 0.3 is 0 Å². The number of rotatable bonds is 3. The fourth-order valence-electron chi connectivity index (χ4n) is 3.21. The van der Waals surface area contributed by atoms with Gasteiger partial charge in [0, 0.05) is 18.6 Å². The zero-order valence-electron chi connectivity index (χ0n) is 11.5. The fraction of sp³-hybridized carbons (Fsp3) is 0.643. The highest BCUT2D eigenvalue weighted by molar-refractivity contribution is 7.12. The highest BCUT2D eigenvalue weighted by Gasteiger charge is 2.55. The van der Waals surface area contributed by atoms with E-state index in [0.29, 0.717) is 25.0 Å². The lowest BCUT2D eigenvalue weighted by Crippen LogP contribution is -2.59. The highest BCUT2D eigenvalue weighted by Crippen LogP contribution is 2.46. The molecule has 1 aliphatic carbocycles. The quantitative estimate of drug-likeness (QED) is 0.897. The molecule has 4 unspecified atom stereocenters. The minimum atomic E-state index is -0.182. The number of amides is 1.